The number of urea groups is 1. The van der Waals surface area contributed by atoms with Crippen molar-refractivity contribution in [2.24, 2.45) is 0 Å². The Morgan fingerprint density at radius 2 is 1.58 bits per heavy atom. The van der Waals surface area contributed by atoms with Crippen LogP contribution in [0.5, 0.6) is 0 Å². The summed E-state index contributed by atoms with van der Waals surface area (Å²) >= 11 is 0. The molecule has 1 heterocycles. The number of methoxy groups -OCH3 is 1. The van der Waals surface area contributed by atoms with Crippen LogP contribution in [0.15, 0.2) is 60.8 Å². The predicted molar refractivity (Wildman–Crippen MR) is 187 cm³/mol. The van der Waals surface area contributed by atoms with Crippen LogP contribution < -0.4 is 16.0 Å². The third-order valence-corrected chi connectivity index (χ3v) is 7.88. The minimum absolute atomic E-state index is 0.0404. The highest BCUT2D eigenvalue weighted by molar-refractivity contribution is 5.88. The van der Waals surface area contributed by atoms with Crippen LogP contribution in [0, 0.1) is 0 Å². The summed E-state index contributed by atoms with van der Waals surface area (Å²) in [6.07, 6.45) is 0.307. The van der Waals surface area contributed by atoms with Crippen LogP contribution in [0.4, 0.5) is 14.4 Å². The average molecular weight is 726 g/mol. The quantitative estimate of drug-likeness (QED) is 0.165. The van der Waals surface area contributed by atoms with Gasteiger partial charge in [0.2, 0.25) is 5.91 Å². The number of rotatable bonds is 18. The minimum Gasteiger partial charge on any atom is -0.480 e. The number of hydrogen-bond donors (Lipinski definition) is 4. The van der Waals surface area contributed by atoms with Crippen LogP contribution in [0.25, 0.3) is 11.1 Å². The fourth-order valence-electron chi connectivity index (χ4n) is 5.63. The first-order chi connectivity index (χ1) is 24.8. The Morgan fingerprint density at radius 3 is 2.19 bits per heavy atom. The third-order valence-electron chi connectivity index (χ3n) is 7.88. The second kappa shape index (κ2) is 18.9. The highest BCUT2D eigenvalue weighted by Crippen LogP contribution is 2.44. The summed E-state index contributed by atoms with van der Waals surface area (Å²) in [6, 6.07) is 14.2. The Bertz CT molecular complexity index is 1550. The number of aliphatic carboxylic acids is 1. The molecule has 1 aliphatic carbocycles. The molecule has 52 heavy (non-hydrogen) atoms. The van der Waals surface area contributed by atoms with Crippen LogP contribution in [0.2, 0.25) is 0 Å². The van der Waals surface area contributed by atoms with Gasteiger partial charge in [0.15, 0.2) is 0 Å². The molecule has 4 N–H and O–H groups in total. The molecule has 16 heteroatoms. The van der Waals surface area contributed by atoms with E-state index in [1.807, 2.05) is 48.5 Å². The predicted octanol–water partition coefficient (Wildman–Crippen LogP) is 2.88. The van der Waals surface area contributed by atoms with Crippen LogP contribution in [-0.4, -0.2) is 129 Å². The minimum atomic E-state index is -1.30. The topological polar surface area (TPSA) is 194 Å². The van der Waals surface area contributed by atoms with E-state index in [9.17, 15) is 29.1 Å². The van der Waals surface area contributed by atoms with E-state index in [-0.39, 0.29) is 38.9 Å². The van der Waals surface area contributed by atoms with Crippen molar-refractivity contribution >= 4 is 30.1 Å². The van der Waals surface area contributed by atoms with Crippen molar-refractivity contribution in [3.63, 3.8) is 0 Å². The number of benzene rings is 2. The Morgan fingerprint density at radius 1 is 0.942 bits per heavy atom. The lowest BCUT2D eigenvalue weighted by Crippen LogP contribution is -2.56. The van der Waals surface area contributed by atoms with Gasteiger partial charge >= 0.3 is 24.2 Å². The van der Waals surface area contributed by atoms with E-state index in [1.165, 1.54) is 12.3 Å². The lowest BCUT2D eigenvalue weighted by atomic mass is 9.98. The van der Waals surface area contributed by atoms with E-state index in [1.54, 1.807) is 27.9 Å². The molecule has 2 aromatic rings. The lowest BCUT2D eigenvalue weighted by molar-refractivity contribution is -0.144. The number of amides is 5. The number of hydrogen-bond acceptors (Lipinski definition) is 10. The highest BCUT2D eigenvalue weighted by Gasteiger charge is 2.31. The highest BCUT2D eigenvalue weighted by atomic mass is 16.6. The van der Waals surface area contributed by atoms with Crippen LogP contribution in [-0.2, 0) is 33.3 Å². The molecule has 0 spiro atoms. The van der Waals surface area contributed by atoms with Crippen molar-refractivity contribution in [1.29, 1.82) is 0 Å². The van der Waals surface area contributed by atoms with Crippen molar-refractivity contribution in [2.45, 2.75) is 44.5 Å². The number of carbonyl (C=O) groups is 5. The largest absolute Gasteiger partial charge is 0.480 e. The molecule has 5 amide bonds. The fourth-order valence-corrected chi connectivity index (χ4v) is 5.63. The molecule has 0 saturated carbocycles. The maximum Gasteiger partial charge on any atom is 0.409 e. The molecule has 0 saturated heterocycles. The summed E-state index contributed by atoms with van der Waals surface area (Å²) in [6.45, 7) is 4.65. The molecule has 282 valence electrons. The van der Waals surface area contributed by atoms with Crippen molar-refractivity contribution in [3.8, 4) is 11.1 Å². The molecule has 2 aromatic carbocycles. The summed E-state index contributed by atoms with van der Waals surface area (Å²) in [5.74, 6) is -2.21. The molecule has 1 aliphatic heterocycles. The van der Waals surface area contributed by atoms with Gasteiger partial charge in [-0.1, -0.05) is 48.5 Å². The van der Waals surface area contributed by atoms with Gasteiger partial charge in [0, 0.05) is 25.8 Å². The Balaban J connectivity index is 1.40. The van der Waals surface area contributed by atoms with E-state index in [0.717, 1.165) is 32.1 Å². The van der Waals surface area contributed by atoms with Gasteiger partial charge in [-0.3, -0.25) is 19.8 Å². The van der Waals surface area contributed by atoms with Gasteiger partial charge in [0.05, 0.1) is 39.1 Å². The Labute approximate surface area is 302 Å². The molecule has 1 unspecified atom stereocenters. The number of carbonyl (C=O) groups excluding carboxylic acids is 4. The monoisotopic (exact) mass is 725 g/mol. The van der Waals surface area contributed by atoms with Gasteiger partial charge in [-0.15, -0.1) is 0 Å². The normalized spacial score (nSPS) is 15.6. The average Bonchev–Trinajstić information content (AvgIpc) is 3.40. The second-order valence-electron chi connectivity index (χ2n) is 13.1. The zero-order chi connectivity index (χ0) is 37.7. The van der Waals surface area contributed by atoms with Crippen LogP contribution >= 0.6 is 0 Å². The zero-order valence-electron chi connectivity index (χ0n) is 29.8. The van der Waals surface area contributed by atoms with Crippen LogP contribution in [0.3, 0.4) is 0 Å². The van der Waals surface area contributed by atoms with Gasteiger partial charge in [-0.25, -0.2) is 14.4 Å². The van der Waals surface area contributed by atoms with Crippen molar-refractivity contribution < 1.29 is 52.8 Å². The van der Waals surface area contributed by atoms with Crippen molar-refractivity contribution in [3.05, 3.63) is 71.9 Å². The molecule has 0 aromatic heterocycles. The summed E-state index contributed by atoms with van der Waals surface area (Å²) in [5.41, 5.74) is 3.46. The fraction of sp³-hybridized carbons (Fsp3) is 0.472. The zero-order valence-corrected chi connectivity index (χ0v) is 29.8. The third kappa shape index (κ3) is 12.0. The molecule has 4 rings (SSSR count). The smallest absolute Gasteiger partial charge is 0.409 e. The summed E-state index contributed by atoms with van der Waals surface area (Å²) in [5, 5.41) is 17.4. The van der Waals surface area contributed by atoms with Gasteiger partial charge in [-0.2, -0.15) is 0 Å². The molecule has 16 nitrogen and oxygen atoms in total. The van der Waals surface area contributed by atoms with Gasteiger partial charge in [0.1, 0.15) is 31.5 Å². The second-order valence-corrected chi connectivity index (χ2v) is 13.1. The van der Waals surface area contributed by atoms with E-state index in [2.05, 4.69) is 16.0 Å². The van der Waals surface area contributed by atoms with E-state index < -0.39 is 61.0 Å². The number of ether oxygens (including phenoxy) is 5. The van der Waals surface area contributed by atoms with E-state index >= 15 is 0 Å². The van der Waals surface area contributed by atoms with E-state index in [4.69, 9.17) is 23.7 Å². The number of carboxylic acid groups (broad SMARTS) is 1. The molecular formula is C36H47N5O11. The Kier molecular flexibility index (Phi) is 14.4. The number of fused-ring (bicyclic) bond motifs is 3. The molecular weight excluding hydrogens is 678 g/mol. The van der Waals surface area contributed by atoms with E-state index in [0.29, 0.717) is 13.2 Å². The SMILES string of the molecule is COCCOCCOC[C@@H](CN(CC(=O)O)C(=O)CN1C=CC(NC(=O)OC(C)(C)C)NC1=O)NC(=O)OCC1c2ccccc2-c2ccccc21. The molecule has 0 bridgehead atoms. The number of nitrogens with one attached hydrogen (secondary N) is 3. The first-order valence-electron chi connectivity index (χ1n) is 16.8. The standard InChI is InChI=1S/C36H47N5O11/c1-36(2,3)52-35(47)39-30-13-14-40(33(45)38-30)20-31(42)41(21-32(43)44)19-24(22-50-18-17-49-16-15-48-4)37-34(46)51-23-29-27-11-7-5-9-25(27)26-10-6-8-12-28(26)29/h5-14,24,29-30H,15-23H2,1-4H3,(H,37,46)(H,38,45)(H,39,47)(H,43,44)/t24-,30?/m1/s1. The maximum atomic E-state index is 13.4. The molecule has 0 radical (unpaired) electrons. The van der Waals surface area contributed by atoms with Crippen molar-refractivity contribution in [1.82, 2.24) is 25.8 Å². The number of nitrogens with zero attached hydrogens (tertiary/aromatic N) is 2. The van der Waals surface area contributed by atoms with Gasteiger partial charge in [-0.05, 0) is 49.1 Å². The molecule has 0 fully saturated rings. The number of carboxylic acids is 1. The summed E-state index contributed by atoms with van der Waals surface area (Å²) in [7, 11) is 1.55. The first-order valence-corrected chi connectivity index (χ1v) is 16.8. The Hall–Kier alpha value is -5.19. The number of alkyl carbamates (subject to hydrolysis) is 2. The van der Waals surface area contributed by atoms with Crippen LogP contribution in [0.1, 0.15) is 37.8 Å². The van der Waals surface area contributed by atoms with Gasteiger partial charge < -0.3 is 44.3 Å². The molecule has 2 aliphatic rings. The summed E-state index contributed by atoms with van der Waals surface area (Å²) in [4.78, 5) is 65.4. The maximum absolute atomic E-state index is 13.4. The molecule has 2 atom stereocenters. The summed E-state index contributed by atoms with van der Waals surface area (Å²) < 4.78 is 27.0. The van der Waals surface area contributed by atoms with Gasteiger partial charge in [0.25, 0.3) is 0 Å². The lowest BCUT2D eigenvalue weighted by Gasteiger charge is -2.31. The first kappa shape index (κ1) is 39.6. The van der Waals surface area contributed by atoms with Crippen molar-refractivity contribution in [2.75, 3.05) is 66.4 Å².